The second kappa shape index (κ2) is 6.91. The van der Waals surface area contributed by atoms with Gasteiger partial charge in [0, 0.05) is 12.6 Å². The Balaban J connectivity index is 1.90. The van der Waals surface area contributed by atoms with E-state index in [1.807, 2.05) is 0 Å². The fourth-order valence-electron chi connectivity index (χ4n) is 2.91. The van der Waals surface area contributed by atoms with Crippen LogP contribution >= 0.6 is 0 Å². The van der Waals surface area contributed by atoms with Crippen molar-refractivity contribution in [2.24, 2.45) is 5.73 Å². The van der Waals surface area contributed by atoms with Gasteiger partial charge in [-0.1, -0.05) is 31.2 Å². The predicted molar refractivity (Wildman–Crippen MR) is 75.8 cm³/mol. The van der Waals surface area contributed by atoms with Crippen molar-refractivity contribution in [1.82, 2.24) is 0 Å². The minimum atomic E-state index is 0.174. The first-order valence-corrected chi connectivity index (χ1v) is 7.22. The van der Waals surface area contributed by atoms with E-state index in [0.717, 1.165) is 19.4 Å². The molecule has 0 saturated carbocycles. The molecule has 0 saturated heterocycles. The molecule has 2 unspecified atom stereocenters. The minimum Gasteiger partial charge on any atom is -0.380 e. The van der Waals surface area contributed by atoms with E-state index in [1.54, 1.807) is 0 Å². The molecule has 0 fully saturated rings. The molecule has 1 aliphatic carbocycles. The van der Waals surface area contributed by atoms with Crippen LogP contribution in [0, 0.1) is 0 Å². The molecule has 100 valence electrons. The SMILES string of the molecule is CCCOCC(N)CC1CCCc2ccccc21. The first-order valence-electron chi connectivity index (χ1n) is 7.22. The molecule has 2 rings (SSSR count). The maximum Gasteiger partial charge on any atom is 0.0617 e. The average Bonchev–Trinajstić information content (AvgIpc) is 2.39. The van der Waals surface area contributed by atoms with Crippen LogP contribution in [0.1, 0.15) is 49.7 Å². The van der Waals surface area contributed by atoms with Crippen LogP contribution in [-0.4, -0.2) is 19.3 Å². The number of rotatable bonds is 6. The molecule has 0 aromatic heterocycles. The van der Waals surface area contributed by atoms with E-state index in [2.05, 4.69) is 31.2 Å². The molecule has 2 N–H and O–H groups in total. The summed E-state index contributed by atoms with van der Waals surface area (Å²) in [5.41, 5.74) is 9.22. The summed E-state index contributed by atoms with van der Waals surface area (Å²) in [6, 6.07) is 9.01. The van der Waals surface area contributed by atoms with Crippen LogP contribution in [0.3, 0.4) is 0 Å². The Morgan fingerprint density at radius 1 is 1.39 bits per heavy atom. The van der Waals surface area contributed by atoms with E-state index >= 15 is 0 Å². The summed E-state index contributed by atoms with van der Waals surface area (Å²) < 4.78 is 5.55. The molecule has 2 nitrogen and oxygen atoms in total. The molecule has 2 atom stereocenters. The Morgan fingerprint density at radius 3 is 3.06 bits per heavy atom. The molecule has 0 aliphatic heterocycles. The van der Waals surface area contributed by atoms with E-state index < -0.39 is 0 Å². The molecule has 2 heteroatoms. The van der Waals surface area contributed by atoms with Crippen LogP contribution in [0.2, 0.25) is 0 Å². The summed E-state index contributed by atoms with van der Waals surface area (Å²) in [6.45, 7) is 3.66. The molecule has 0 spiro atoms. The van der Waals surface area contributed by atoms with Crippen LogP contribution in [0.25, 0.3) is 0 Å². The first kappa shape index (κ1) is 13.6. The molecule has 1 aliphatic rings. The number of fused-ring (bicyclic) bond motifs is 1. The van der Waals surface area contributed by atoms with Gasteiger partial charge in [-0.25, -0.2) is 0 Å². The first-order chi connectivity index (χ1) is 8.81. The van der Waals surface area contributed by atoms with Gasteiger partial charge in [0.15, 0.2) is 0 Å². The number of nitrogens with two attached hydrogens (primary N) is 1. The summed E-state index contributed by atoms with van der Waals surface area (Å²) in [5.74, 6) is 0.634. The van der Waals surface area contributed by atoms with Crippen LogP contribution in [0.5, 0.6) is 0 Å². The fraction of sp³-hybridized carbons (Fsp3) is 0.625. The molecule has 0 amide bonds. The summed E-state index contributed by atoms with van der Waals surface area (Å²) in [7, 11) is 0. The summed E-state index contributed by atoms with van der Waals surface area (Å²) in [5, 5.41) is 0. The highest BCUT2D eigenvalue weighted by atomic mass is 16.5. The van der Waals surface area contributed by atoms with Gasteiger partial charge in [0.2, 0.25) is 0 Å². The maximum atomic E-state index is 6.18. The third-order valence-electron chi connectivity index (χ3n) is 3.76. The molecule has 18 heavy (non-hydrogen) atoms. The Hall–Kier alpha value is -0.860. The predicted octanol–water partition coefficient (Wildman–Crippen LogP) is 3.25. The zero-order valence-electron chi connectivity index (χ0n) is 11.4. The lowest BCUT2D eigenvalue weighted by Crippen LogP contribution is -2.29. The highest BCUT2D eigenvalue weighted by Crippen LogP contribution is 2.34. The van der Waals surface area contributed by atoms with Crippen LogP contribution < -0.4 is 5.73 Å². The Kier molecular flexibility index (Phi) is 5.21. The Labute approximate surface area is 111 Å². The quantitative estimate of drug-likeness (QED) is 0.783. The normalized spacial score (nSPS) is 20.4. The molecule has 0 bridgehead atoms. The van der Waals surface area contributed by atoms with Gasteiger partial charge in [0.1, 0.15) is 0 Å². The van der Waals surface area contributed by atoms with E-state index in [4.69, 9.17) is 10.5 Å². The van der Waals surface area contributed by atoms with Crippen molar-refractivity contribution >= 4 is 0 Å². The van der Waals surface area contributed by atoms with Crippen molar-refractivity contribution < 1.29 is 4.74 Å². The lowest BCUT2D eigenvalue weighted by Gasteiger charge is -2.27. The number of aryl methyl sites for hydroxylation is 1. The Bertz CT molecular complexity index is 364. The van der Waals surface area contributed by atoms with E-state index in [-0.39, 0.29) is 6.04 Å². The van der Waals surface area contributed by atoms with Gasteiger partial charge in [-0.15, -0.1) is 0 Å². The van der Waals surface area contributed by atoms with Gasteiger partial charge in [0.25, 0.3) is 0 Å². The maximum absolute atomic E-state index is 6.18. The van der Waals surface area contributed by atoms with Crippen molar-refractivity contribution in [2.45, 2.75) is 51.0 Å². The lowest BCUT2D eigenvalue weighted by atomic mass is 9.80. The third-order valence-corrected chi connectivity index (χ3v) is 3.76. The van der Waals surface area contributed by atoms with Crippen LogP contribution in [-0.2, 0) is 11.2 Å². The van der Waals surface area contributed by atoms with Crippen molar-refractivity contribution in [2.75, 3.05) is 13.2 Å². The van der Waals surface area contributed by atoms with Crippen molar-refractivity contribution in [1.29, 1.82) is 0 Å². The third kappa shape index (κ3) is 3.56. The molecular formula is C16H25NO. The van der Waals surface area contributed by atoms with Crippen LogP contribution in [0.15, 0.2) is 24.3 Å². The van der Waals surface area contributed by atoms with Crippen molar-refractivity contribution in [3.8, 4) is 0 Å². The molecular weight excluding hydrogens is 222 g/mol. The van der Waals surface area contributed by atoms with Gasteiger partial charge in [-0.05, 0) is 49.1 Å². The minimum absolute atomic E-state index is 0.174. The molecule has 0 radical (unpaired) electrons. The van der Waals surface area contributed by atoms with Crippen LogP contribution in [0.4, 0.5) is 0 Å². The van der Waals surface area contributed by atoms with Gasteiger partial charge >= 0.3 is 0 Å². The highest BCUT2D eigenvalue weighted by Gasteiger charge is 2.21. The number of ether oxygens (including phenoxy) is 1. The highest BCUT2D eigenvalue weighted by molar-refractivity contribution is 5.32. The molecule has 1 aromatic carbocycles. The molecule has 0 heterocycles. The average molecular weight is 247 g/mol. The van der Waals surface area contributed by atoms with Gasteiger partial charge in [0.05, 0.1) is 6.61 Å². The van der Waals surface area contributed by atoms with Gasteiger partial charge in [-0.2, -0.15) is 0 Å². The zero-order chi connectivity index (χ0) is 12.8. The number of hydrogen-bond donors (Lipinski definition) is 1. The standard InChI is InChI=1S/C16H25NO/c1-2-10-18-12-15(17)11-14-8-5-7-13-6-3-4-9-16(13)14/h3-4,6,9,14-15H,2,5,7-8,10-12,17H2,1H3. The largest absolute Gasteiger partial charge is 0.380 e. The Morgan fingerprint density at radius 2 is 2.22 bits per heavy atom. The summed E-state index contributed by atoms with van der Waals surface area (Å²) in [4.78, 5) is 0. The lowest BCUT2D eigenvalue weighted by molar-refractivity contribution is 0.117. The van der Waals surface area contributed by atoms with E-state index in [0.29, 0.717) is 12.5 Å². The number of hydrogen-bond acceptors (Lipinski definition) is 2. The number of benzene rings is 1. The van der Waals surface area contributed by atoms with Gasteiger partial charge < -0.3 is 10.5 Å². The second-order valence-electron chi connectivity index (χ2n) is 5.36. The monoisotopic (exact) mass is 247 g/mol. The van der Waals surface area contributed by atoms with E-state index in [1.165, 1.54) is 30.4 Å². The smallest absolute Gasteiger partial charge is 0.0617 e. The zero-order valence-corrected chi connectivity index (χ0v) is 11.4. The van der Waals surface area contributed by atoms with Gasteiger partial charge in [-0.3, -0.25) is 0 Å². The summed E-state index contributed by atoms with van der Waals surface area (Å²) in [6.07, 6.45) is 5.93. The molecule has 1 aromatic rings. The summed E-state index contributed by atoms with van der Waals surface area (Å²) >= 11 is 0. The fourth-order valence-corrected chi connectivity index (χ4v) is 2.91. The topological polar surface area (TPSA) is 35.2 Å². The second-order valence-corrected chi connectivity index (χ2v) is 5.36. The van der Waals surface area contributed by atoms with Crippen molar-refractivity contribution in [3.63, 3.8) is 0 Å². The van der Waals surface area contributed by atoms with Crippen molar-refractivity contribution in [3.05, 3.63) is 35.4 Å². The van der Waals surface area contributed by atoms with E-state index in [9.17, 15) is 0 Å².